The van der Waals surface area contributed by atoms with Crippen LogP contribution in [0.15, 0.2) is 93.7 Å². The van der Waals surface area contributed by atoms with Crippen LogP contribution in [0.3, 0.4) is 0 Å². The number of rotatable bonds is 9. The summed E-state index contributed by atoms with van der Waals surface area (Å²) < 4.78 is 9.09. The monoisotopic (exact) mass is 603 g/mol. The van der Waals surface area contributed by atoms with Crippen LogP contribution in [0.5, 0.6) is 5.75 Å². The van der Waals surface area contributed by atoms with Crippen molar-refractivity contribution in [2.75, 3.05) is 16.4 Å². The molecule has 0 fully saturated rings. The number of fused-ring (bicyclic) bond motifs is 1. The molecule has 1 aliphatic heterocycles. The summed E-state index contributed by atoms with van der Waals surface area (Å²) in [5, 5.41) is 11.9. The number of amides is 1. The zero-order valence-corrected chi connectivity index (χ0v) is 24.5. The molecule has 1 amide bonds. The SMILES string of the molecule is CCCSc1nc2n(n1)C(c1cc(Br)ccc1OCc1ccccc1C)C(C(=O)Nc1ccccc1)=C(C)N2. The number of nitrogens with one attached hydrogen (secondary N) is 2. The molecule has 1 aliphatic rings. The van der Waals surface area contributed by atoms with Gasteiger partial charge in [0, 0.05) is 27.2 Å². The molecule has 0 bridgehead atoms. The summed E-state index contributed by atoms with van der Waals surface area (Å²) in [6.45, 7) is 6.50. The lowest BCUT2D eigenvalue weighted by Crippen LogP contribution is -2.31. The minimum Gasteiger partial charge on any atom is -0.489 e. The van der Waals surface area contributed by atoms with Crippen molar-refractivity contribution in [3.05, 3.63) is 105 Å². The maximum absolute atomic E-state index is 13.8. The first kappa shape index (κ1) is 27.0. The van der Waals surface area contributed by atoms with Crippen molar-refractivity contribution < 1.29 is 9.53 Å². The number of hydrogen-bond donors (Lipinski definition) is 2. The normalized spacial score (nSPS) is 14.5. The Morgan fingerprint density at radius 2 is 1.87 bits per heavy atom. The van der Waals surface area contributed by atoms with Gasteiger partial charge in [0.15, 0.2) is 0 Å². The lowest BCUT2D eigenvalue weighted by molar-refractivity contribution is -0.113. The molecule has 7 nitrogen and oxygen atoms in total. The Bertz CT molecular complexity index is 1520. The van der Waals surface area contributed by atoms with Crippen molar-refractivity contribution in [1.29, 1.82) is 0 Å². The molecule has 200 valence electrons. The van der Waals surface area contributed by atoms with Gasteiger partial charge in [-0.3, -0.25) is 4.79 Å². The Morgan fingerprint density at radius 3 is 2.64 bits per heavy atom. The van der Waals surface area contributed by atoms with Gasteiger partial charge in [-0.1, -0.05) is 77.1 Å². The topological polar surface area (TPSA) is 81.1 Å². The highest BCUT2D eigenvalue weighted by Gasteiger charge is 2.36. The molecular weight excluding hydrogens is 574 g/mol. The van der Waals surface area contributed by atoms with Gasteiger partial charge in [0.05, 0.1) is 5.57 Å². The van der Waals surface area contributed by atoms with Gasteiger partial charge >= 0.3 is 0 Å². The molecule has 0 radical (unpaired) electrons. The number of para-hydroxylation sites is 1. The molecule has 0 spiro atoms. The molecule has 4 aromatic rings. The average Bonchev–Trinajstić information content (AvgIpc) is 3.34. The van der Waals surface area contributed by atoms with Gasteiger partial charge in [-0.05, 0) is 61.7 Å². The molecule has 1 aromatic heterocycles. The van der Waals surface area contributed by atoms with E-state index in [-0.39, 0.29) is 5.91 Å². The third-order valence-corrected chi connectivity index (χ3v) is 7.99. The minimum atomic E-state index is -0.558. The number of hydrogen-bond acceptors (Lipinski definition) is 6. The number of ether oxygens (including phenoxy) is 1. The average molecular weight is 605 g/mol. The number of halogens is 1. The van der Waals surface area contributed by atoms with Gasteiger partial charge in [-0.15, -0.1) is 5.10 Å². The van der Waals surface area contributed by atoms with E-state index in [1.807, 2.05) is 67.6 Å². The van der Waals surface area contributed by atoms with E-state index in [2.05, 4.69) is 52.5 Å². The van der Waals surface area contributed by atoms with Gasteiger partial charge in [0.2, 0.25) is 11.1 Å². The molecular formula is C30H30BrN5O2S. The Labute approximate surface area is 241 Å². The number of aryl methyl sites for hydroxylation is 1. The Morgan fingerprint density at radius 1 is 1.10 bits per heavy atom. The van der Waals surface area contributed by atoms with Crippen LogP contribution in [0.4, 0.5) is 11.6 Å². The lowest BCUT2D eigenvalue weighted by Gasteiger charge is -2.30. The zero-order chi connectivity index (χ0) is 27.4. The van der Waals surface area contributed by atoms with Crippen LogP contribution in [0.2, 0.25) is 0 Å². The van der Waals surface area contributed by atoms with E-state index in [1.54, 1.807) is 16.4 Å². The second-order valence-electron chi connectivity index (χ2n) is 9.29. The van der Waals surface area contributed by atoms with Crippen molar-refractivity contribution in [1.82, 2.24) is 14.8 Å². The first-order valence-electron chi connectivity index (χ1n) is 12.8. The lowest BCUT2D eigenvalue weighted by atomic mass is 9.94. The highest BCUT2D eigenvalue weighted by atomic mass is 79.9. The van der Waals surface area contributed by atoms with Crippen LogP contribution in [-0.2, 0) is 11.4 Å². The molecule has 39 heavy (non-hydrogen) atoms. The minimum absolute atomic E-state index is 0.218. The van der Waals surface area contributed by atoms with E-state index in [0.29, 0.717) is 34.7 Å². The number of carbonyl (C=O) groups excluding carboxylic acids is 1. The molecule has 2 N–H and O–H groups in total. The van der Waals surface area contributed by atoms with Crippen LogP contribution in [0.25, 0.3) is 0 Å². The highest BCUT2D eigenvalue weighted by Crippen LogP contribution is 2.41. The summed E-state index contributed by atoms with van der Waals surface area (Å²) in [4.78, 5) is 18.6. The summed E-state index contributed by atoms with van der Waals surface area (Å²) in [7, 11) is 0. The first-order chi connectivity index (χ1) is 18.9. The second kappa shape index (κ2) is 12.1. The van der Waals surface area contributed by atoms with Gasteiger partial charge in [-0.2, -0.15) is 4.98 Å². The number of thioether (sulfide) groups is 1. The van der Waals surface area contributed by atoms with Crippen LogP contribution in [-0.4, -0.2) is 26.4 Å². The summed E-state index contributed by atoms with van der Waals surface area (Å²) in [6.07, 6.45) is 1.01. The van der Waals surface area contributed by atoms with E-state index >= 15 is 0 Å². The Kier molecular flexibility index (Phi) is 8.38. The molecule has 9 heteroatoms. The molecule has 2 heterocycles. The molecule has 0 aliphatic carbocycles. The van der Waals surface area contributed by atoms with E-state index in [9.17, 15) is 4.79 Å². The largest absolute Gasteiger partial charge is 0.489 e. The molecule has 1 atom stereocenters. The Balaban J connectivity index is 1.58. The number of carbonyl (C=O) groups is 1. The smallest absolute Gasteiger partial charge is 0.255 e. The van der Waals surface area contributed by atoms with Gasteiger partial charge < -0.3 is 15.4 Å². The maximum atomic E-state index is 13.8. The zero-order valence-electron chi connectivity index (χ0n) is 22.1. The van der Waals surface area contributed by atoms with E-state index in [0.717, 1.165) is 39.0 Å². The summed E-state index contributed by atoms with van der Waals surface area (Å²) in [6, 6.07) is 22.9. The molecule has 5 rings (SSSR count). The molecule has 3 aromatic carbocycles. The summed E-state index contributed by atoms with van der Waals surface area (Å²) in [5.41, 5.74) is 5.05. The molecule has 0 saturated carbocycles. The standard InChI is InChI=1S/C30H30BrN5O2S/c1-4-16-39-30-34-29-32-20(3)26(28(37)33-23-12-6-5-7-13-23)27(36(29)35-30)24-17-22(31)14-15-25(24)38-18-21-11-9-8-10-19(21)2/h5-15,17,27H,4,16,18H2,1-3H3,(H,33,37)(H,32,34,35). The number of allylic oxidation sites excluding steroid dienone is 1. The number of anilines is 2. The van der Waals surface area contributed by atoms with E-state index in [1.165, 1.54) is 0 Å². The van der Waals surface area contributed by atoms with Crippen molar-refractivity contribution in [3.63, 3.8) is 0 Å². The second-order valence-corrected chi connectivity index (χ2v) is 11.3. The predicted octanol–water partition coefficient (Wildman–Crippen LogP) is 7.36. The van der Waals surface area contributed by atoms with Crippen LogP contribution < -0.4 is 15.4 Å². The van der Waals surface area contributed by atoms with E-state index in [4.69, 9.17) is 14.8 Å². The molecule has 1 unspecified atom stereocenters. The summed E-state index contributed by atoms with van der Waals surface area (Å²) in [5.74, 6) is 1.96. The van der Waals surface area contributed by atoms with Gasteiger partial charge in [-0.25, -0.2) is 4.68 Å². The van der Waals surface area contributed by atoms with Crippen LogP contribution in [0.1, 0.15) is 43.0 Å². The van der Waals surface area contributed by atoms with Crippen molar-refractivity contribution in [2.24, 2.45) is 0 Å². The number of aromatic nitrogens is 3. The first-order valence-corrected chi connectivity index (χ1v) is 14.6. The van der Waals surface area contributed by atoms with Crippen molar-refractivity contribution in [2.45, 2.75) is 45.0 Å². The number of nitrogens with zero attached hydrogens (tertiary/aromatic N) is 3. The Hall–Kier alpha value is -3.56. The third kappa shape index (κ3) is 6.04. The fourth-order valence-corrected chi connectivity index (χ4v) is 5.54. The van der Waals surface area contributed by atoms with Crippen molar-refractivity contribution >= 4 is 45.2 Å². The fraction of sp³-hybridized carbons (Fsp3) is 0.233. The highest BCUT2D eigenvalue weighted by molar-refractivity contribution is 9.10. The van der Waals surface area contributed by atoms with Crippen molar-refractivity contribution in [3.8, 4) is 5.75 Å². The third-order valence-electron chi connectivity index (χ3n) is 6.46. The van der Waals surface area contributed by atoms with E-state index < -0.39 is 6.04 Å². The van der Waals surface area contributed by atoms with Crippen LogP contribution in [0, 0.1) is 6.92 Å². The number of benzene rings is 3. The predicted molar refractivity (Wildman–Crippen MR) is 160 cm³/mol. The fourth-order valence-electron chi connectivity index (χ4n) is 4.48. The van der Waals surface area contributed by atoms with Gasteiger partial charge in [0.1, 0.15) is 18.4 Å². The molecule has 0 saturated heterocycles. The maximum Gasteiger partial charge on any atom is 0.255 e. The van der Waals surface area contributed by atoms with Gasteiger partial charge in [0.25, 0.3) is 5.91 Å². The summed E-state index contributed by atoms with van der Waals surface area (Å²) >= 11 is 5.24. The van der Waals surface area contributed by atoms with Crippen LogP contribution >= 0.6 is 27.7 Å². The quantitative estimate of drug-likeness (QED) is 0.195.